The smallest absolute Gasteiger partial charge is 0.180 e. The van der Waals surface area contributed by atoms with Gasteiger partial charge in [0.15, 0.2) is 6.39 Å². The summed E-state index contributed by atoms with van der Waals surface area (Å²) in [6.45, 7) is 0. The summed E-state index contributed by atoms with van der Waals surface area (Å²) in [5.41, 5.74) is 0. The maximum Gasteiger partial charge on any atom is 0.180 e. The molecule has 0 fully saturated rings. The minimum Gasteiger partial charge on any atom is -0.448 e. The van der Waals surface area contributed by atoms with Gasteiger partial charge >= 0.3 is 0 Å². The highest BCUT2D eigenvalue weighted by atomic mass is 16.3. The zero-order chi connectivity index (χ0) is 6.53. The summed E-state index contributed by atoms with van der Waals surface area (Å²) < 4.78 is 4.87. The molecule has 3 heteroatoms. The van der Waals surface area contributed by atoms with Gasteiger partial charge in [-0.3, -0.25) is 0 Å². The van der Waals surface area contributed by atoms with E-state index in [1.807, 2.05) is 6.07 Å². The Balaban J connectivity index is 2.41. The van der Waals surface area contributed by atoms with Crippen LogP contribution in [-0.2, 0) is 6.42 Å². The number of aromatic nitrogens is 1. The minimum atomic E-state index is 0.495. The van der Waals surface area contributed by atoms with Crippen LogP contribution in [0.25, 0.3) is 0 Å². The molecule has 0 aliphatic heterocycles. The van der Waals surface area contributed by atoms with E-state index in [0.717, 1.165) is 5.76 Å². The summed E-state index contributed by atoms with van der Waals surface area (Å²) in [7, 11) is 0. The number of aryl methyl sites for hydroxylation is 1. The molecule has 0 spiro atoms. The van der Waals surface area contributed by atoms with Gasteiger partial charge in [0, 0.05) is 12.8 Å². The van der Waals surface area contributed by atoms with Crippen LogP contribution >= 0.6 is 0 Å². The molecule has 0 unspecified atom stereocenters. The lowest BCUT2D eigenvalue weighted by Gasteiger charge is -1.82. The fourth-order valence-corrected chi connectivity index (χ4v) is 0.545. The minimum absolute atomic E-state index is 0.495. The number of nitriles is 1. The summed E-state index contributed by atoms with van der Waals surface area (Å²) in [5, 5.41) is 8.15. The first-order valence-electron chi connectivity index (χ1n) is 2.68. The van der Waals surface area contributed by atoms with E-state index in [-0.39, 0.29) is 0 Å². The summed E-state index contributed by atoms with van der Waals surface area (Å²) in [6, 6.07) is 2.02. The molecule has 9 heavy (non-hydrogen) atoms. The fourth-order valence-electron chi connectivity index (χ4n) is 0.545. The molecule has 0 aliphatic rings. The number of hydrogen-bond donors (Lipinski definition) is 0. The Hall–Kier alpha value is -1.30. The molecule has 46 valence electrons. The van der Waals surface area contributed by atoms with Gasteiger partial charge in [-0.1, -0.05) is 0 Å². The van der Waals surface area contributed by atoms with Crippen LogP contribution in [0, 0.1) is 11.3 Å². The van der Waals surface area contributed by atoms with E-state index in [1.54, 1.807) is 6.20 Å². The molecule has 0 saturated carbocycles. The third kappa shape index (κ3) is 1.57. The summed E-state index contributed by atoms with van der Waals surface area (Å²) in [6.07, 6.45) is 4.15. The quantitative estimate of drug-likeness (QED) is 0.590. The Bertz CT molecular complexity index is 197. The standard InChI is InChI=1S/C6H6N2O/c7-3-1-2-6-4-8-5-9-6/h4-5H,1-2H2. The van der Waals surface area contributed by atoms with Crippen molar-refractivity contribution in [2.75, 3.05) is 0 Å². The van der Waals surface area contributed by atoms with Crippen molar-refractivity contribution in [3.8, 4) is 6.07 Å². The Morgan fingerprint density at radius 2 is 2.67 bits per heavy atom. The molecule has 0 radical (unpaired) electrons. The van der Waals surface area contributed by atoms with Gasteiger partial charge in [0.05, 0.1) is 12.3 Å². The Labute approximate surface area is 52.9 Å². The van der Waals surface area contributed by atoms with E-state index in [0.29, 0.717) is 12.8 Å². The lowest BCUT2D eigenvalue weighted by molar-refractivity contribution is 0.505. The topological polar surface area (TPSA) is 49.8 Å². The molecule has 0 amide bonds. The first-order chi connectivity index (χ1) is 4.43. The Morgan fingerprint density at radius 3 is 3.22 bits per heavy atom. The van der Waals surface area contributed by atoms with Crippen molar-refractivity contribution in [3.05, 3.63) is 18.4 Å². The number of nitrogens with zero attached hydrogens (tertiary/aromatic N) is 2. The van der Waals surface area contributed by atoms with Crippen LogP contribution in [0.5, 0.6) is 0 Å². The van der Waals surface area contributed by atoms with Gasteiger partial charge in [0.1, 0.15) is 5.76 Å². The van der Waals surface area contributed by atoms with Crippen LogP contribution < -0.4 is 0 Å². The summed E-state index contributed by atoms with van der Waals surface area (Å²) >= 11 is 0. The Morgan fingerprint density at radius 1 is 1.78 bits per heavy atom. The van der Waals surface area contributed by atoms with Crippen molar-refractivity contribution in [2.24, 2.45) is 0 Å². The van der Waals surface area contributed by atoms with E-state index >= 15 is 0 Å². The third-order valence-electron chi connectivity index (χ3n) is 0.967. The van der Waals surface area contributed by atoms with Crippen LogP contribution in [0.15, 0.2) is 17.0 Å². The Kier molecular flexibility index (Phi) is 1.86. The van der Waals surface area contributed by atoms with E-state index in [9.17, 15) is 0 Å². The van der Waals surface area contributed by atoms with Crippen molar-refractivity contribution < 1.29 is 4.42 Å². The second kappa shape index (κ2) is 2.88. The molecule has 0 aliphatic carbocycles. The molecule has 3 nitrogen and oxygen atoms in total. The molecule has 0 bridgehead atoms. The molecule has 0 saturated heterocycles. The fraction of sp³-hybridized carbons (Fsp3) is 0.333. The normalized spacial score (nSPS) is 8.78. The van der Waals surface area contributed by atoms with Crippen molar-refractivity contribution in [3.63, 3.8) is 0 Å². The van der Waals surface area contributed by atoms with E-state index in [4.69, 9.17) is 9.68 Å². The number of oxazole rings is 1. The molecular formula is C6H6N2O. The monoisotopic (exact) mass is 122 g/mol. The second-order valence-electron chi connectivity index (χ2n) is 1.63. The summed E-state index contributed by atoms with van der Waals surface area (Å²) in [5.74, 6) is 0.775. The second-order valence-corrected chi connectivity index (χ2v) is 1.63. The van der Waals surface area contributed by atoms with Crippen molar-refractivity contribution in [1.82, 2.24) is 4.98 Å². The predicted molar refractivity (Wildman–Crippen MR) is 30.4 cm³/mol. The van der Waals surface area contributed by atoms with Crippen LogP contribution in [0.2, 0.25) is 0 Å². The van der Waals surface area contributed by atoms with Gasteiger partial charge in [-0.25, -0.2) is 4.98 Å². The van der Waals surface area contributed by atoms with Crippen molar-refractivity contribution in [2.45, 2.75) is 12.8 Å². The van der Waals surface area contributed by atoms with Crippen LogP contribution in [0.3, 0.4) is 0 Å². The lowest BCUT2D eigenvalue weighted by atomic mass is 10.3. The molecular weight excluding hydrogens is 116 g/mol. The zero-order valence-electron chi connectivity index (χ0n) is 4.87. The highest BCUT2D eigenvalue weighted by Crippen LogP contribution is 1.98. The van der Waals surface area contributed by atoms with Gasteiger partial charge in [0.2, 0.25) is 0 Å². The van der Waals surface area contributed by atoms with Gasteiger partial charge in [-0.2, -0.15) is 5.26 Å². The first-order valence-corrected chi connectivity index (χ1v) is 2.68. The maximum absolute atomic E-state index is 8.15. The predicted octanol–water partition coefficient (Wildman–Crippen LogP) is 1.13. The molecule has 1 heterocycles. The molecule has 0 atom stereocenters. The van der Waals surface area contributed by atoms with E-state index < -0.39 is 0 Å². The average Bonchev–Trinajstić information content (AvgIpc) is 2.34. The van der Waals surface area contributed by atoms with Crippen LogP contribution in [0.1, 0.15) is 12.2 Å². The SMILES string of the molecule is N#CCCc1cnco1. The van der Waals surface area contributed by atoms with Gasteiger partial charge in [-0.05, 0) is 0 Å². The highest BCUT2D eigenvalue weighted by molar-refractivity contribution is 4.91. The maximum atomic E-state index is 8.15. The van der Waals surface area contributed by atoms with Crippen LogP contribution in [-0.4, -0.2) is 4.98 Å². The molecule has 0 aromatic carbocycles. The third-order valence-corrected chi connectivity index (χ3v) is 0.967. The van der Waals surface area contributed by atoms with Crippen molar-refractivity contribution in [1.29, 1.82) is 5.26 Å². The summed E-state index contributed by atoms with van der Waals surface area (Å²) in [4.78, 5) is 3.70. The molecule has 1 aromatic heterocycles. The van der Waals surface area contributed by atoms with E-state index in [1.165, 1.54) is 6.39 Å². The highest BCUT2D eigenvalue weighted by Gasteiger charge is 1.92. The number of hydrogen-bond acceptors (Lipinski definition) is 3. The molecule has 1 rings (SSSR count). The van der Waals surface area contributed by atoms with Crippen molar-refractivity contribution >= 4 is 0 Å². The van der Waals surface area contributed by atoms with Gasteiger partial charge in [-0.15, -0.1) is 0 Å². The van der Waals surface area contributed by atoms with Crippen LogP contribution in [0.4, 0.5) is 0 Å². The van der Waals surface area contributed by atoms with E-state index in [2.05, 4.69) is 4.98 Å². The largest absolute Gasteiger partial charge is 0.448 e. The van der Waals surface area contributed by atoms with Gasteiger partial charge in [0.25, 0.3) is 0 Å². The lowest BCUT2D eigenvalue weighted by Crippen LogP contribution is -1.76. The molecule has 1 aromatic rings. The van der Waals surface area contributed by atoms with Gasteiger partial charge < -0.3 is 4.42 Å². The zero-order valence-corrected chi connectivity index (χ0v) is 4.87. The molecule has 0 N–H and O–H groups in total. The number of rotatable bonds is 2. The first kappa shape index (κ1) is 5.83. The average molecular weight is 122 g/mol.